The fraction of sp³-hybridized carbons (Fsp3) is 0.438. The molecule has 20 heavy (non-hydrogen) atoms. The van der Waals surface area contributed by atoms with Crippen molar-refractivity contribution >= 4 is 16.6 Å². The maximum absolute atomic E-state index is 13.5. The molecule has 0 aliphatic rings. The van der Waals surface area contributed by atoms with E-state index >= 15 is 0 Å². The minimum atomic E-state index is -0.863. The normalized spacial score (nSPS) is 11.9. The second-order valence-corrected chi connectivity index (χ2v) is 6.02. The first kappa shape index (κ1) is 14.7. The number of hydrogen-bond acceptors (Lipinski definition) is 2. The van der Waals surface area contributed by atoms with Crippen LogP contribution in [0.2, 0.25) is 0 Å². The molecular weight excluding hydrogens is 258 g/mol. The average molecular weight is 278 g/mol. The van der Waals surface area contributed by atoms with Crippen LogP contribution in [0.15, 0.2) is 18.2 Å². The molecule has 1 aromatic heterocycles. The van der Waals surface area contributed by atoms with Gasteiger partial charge in [-0.3, -0.25) is 4.98 Å². The van der Waals surface area contributed by atoms with Gasteiger partial charge in [-0.1, -0.05) is 27.7 Å². The molecule has 108 valence electrons. The highest BCUT2D eigenvalue weighted by Gasteiger charge is 2.19. The second-order valence-electron chi connectivity index (χ2n) is 6.02. The number of hydrogen-bond donors (Lipinski definition) is 1. The van der Waals surface area contributed by atoms with E-state index in [0.29, 0.717) is 10.9 Å². The molecule has 1 aromatic carbocycles. The molecular formula is C16H20F2N2. The van der Waals surface area contributed by atoms with E-state index in [1.165, 1.54) is 6.07 Å². The number of pyridine rings is 1. The Morgan fingerprint density at radius 3 is 2.35 bits per heavy atom. The van der Waals surface area contributed by atoms with Crippen LogP contribution in [0.25, 0.3) is 10.9 Å². The third-order valence-corrected chi connectivity index (χ3v) is 3.18. The van der Waals surface area contributed by atoms with Crippen molar-refractivity contribution in [2.75, 3.05) is 11.9 Å². The second kappa shape index (κ2) is 5.35. The molecule has 0 radical (unpaired) electrons. The Bertz CT molecular complexity index is 630. The molecule has 0 spiro atoms. The lowest BCUT2D eigenvalue weighted by Crippen LogP contribution is -2.15. The molecule has 1 heterocycles. The van der Waals surface area contributed by atoms with Crippen LogP contribution in [0.5, 0.6) is 0 Å². The molecule has 4 heteroatoms. The first-order valence-electron chi connectivity index (χ1n) is 6.87. The summed E-state index contributed by atoms with van der Waals surface area (Å²) in [5, 5.41) is 3.88. The van der Waals surface area contributed by atoms with Gasteiger partial charge in [0.15, 0.2) is 11.6 Å². The molecule has 2 aromatic rings. The highest BCUT2D eigenvalue weighted by Crippen LogP contribution is 2.30. The zero-order valence-electron chi connectivity index (χ0n) is 12.3. The van der Waals surface area contributed by atoms with Gasteiger partial charge in [0.05, 0.1) is 5.52 Å². The predicted octanol–water partition coefficient (Wildman–Crippen LogP) is 4.63. The quantitative estimate of drug-likeness (QED) is 0.885. The maximum atomic E-state index is 13.5. The van der Waals surface area contributed by atoms with Crippen molar-refractivity contribution in [1.82, 2.24) is 4.98 Å². The third-order valence-electron chi connectivity index (χ3n) is 3.18. The zero-order chi connectivity index (χ0) is 14.9. The van der Waals surface area contributed by atoms with E-state index in [1.807, 2.05) is 26.8 Å². The molecule has 1 N–H and O–H groups in total. The molecule has 0 amide bonds. The van der Waals surface area contributed by atoms with E-state index in [-0.39, 0.29) is 5.41 Å². The number of nitrogens with zero attached hydrogens (tertiary/aromatic N) is 1. The Kier molecular flexibility index (Phi) is 3.93. The Balaban J connectivity index is 2.68. The van der Waals surface area contributed by atoms with Crippen molar-refractivity contribution in [1.29, 1.82) is 0 Å². The summed E-state index contributed by atoms with van der Waals surface area (Å²) in [4.78, 5) is 4.47. The topological polar surface area (TPSA) is 24.9 Å². The van der Waals surface area contributed by atoms with Gasteiger partial charge >= 0.3 is 0 Å². The standard InChI is InChI=1S/C16H20F2N2/c1-5-6-19-13-9-15(16(2,3)4)20-14-8-12(18)11(17)7-10(13)14/h7-9H,5-6H2,1-4H3,(H,19,20). The van der Waals surface area contributed by atoms with Crippen LogP contribution in [-0.4, -0.2) is 11.5 Å². The predicted molar refractivity (Wildman–Crippen MR) is 79.1 cm³/mol. The van der Waals surface area contributed by atoms with E-state index in [1.54, 1.807) is 0 Å². The number of halogens is 2. The minimum absolute atomic E-state index is 0.151. The molecule has 0 fully saturated rings. The summed E-state index contributed by atoms with van der Waals surface area (Å²) >= 11 is 0. The van der Waals surface area contributed by atoms with Crippen molar-refractivity contribution in [3.8, 4) is 0 Å². The van der Waals surface area contributed by atoms with Crippen LogP contribution < -0.4 is 5.32 Å². The summed E-state index contributed by atoms with van der Waals surface area (Å²) in [5.74, 6) is -1.71. The molecule has 2 rings (SSSR count). The van der Waals surface area contributed by atoms with Crippen LogP contribution in [0.1, 0.15) is 39.8 Å². The first-order chi connectivity index (χ1) is 9.32. The van der Waals surface area contributed by atoms with Gasteiger partial charge in [0.2, 0.25) is 0 Å². The SMILES string of the molecule is CCCNc1cc(C(C)(C)C)nc2cc(F)c(F)cc12. The summed E-state index contributed by atoms with van der Waals surface area (Å²) in [6, 6.07) is 4.30. The van der Waals surface area contributed by atoms with Gasteiger partial charge < -0.3 is 5.32 Å². The molecule has 0 saturated carbocycles. The van der Waals surface area contributed by atoms with Crippen LogP contribution in [-0.2, 0) is 5.41 Å². The molecule has 0 unspecified atom stereocenters. The molecule has 0 atom stereocenters. The zero-order valence-corrected chi connectivity index (χ0v) is 12.3. The Hall–Kier alpha value is -1.71. The van der Waals surface area contributed by atoms with Gasteiger partial charge in [-0.05, 0) is 18.6 Å². The smallest absolute Gasteiger partial charge is 0.161 e. The van der Waals surface area contributed by atoms with Gasteiger partial charge in [-0.25, -0.2) is 8.78 Å². The van der Waals surface area contributed by atoms with Crippen LogP contribution in [0.3, 0.4) is 0 Å². The largest absolute Gasteiger partial charge is 0.384 e. The number of fused-ring (bicyclic) bond motifs is 1. The van der Waals surface area contributed by atoms with Crippen molar-refractivity contribution in [3.05, 3.63) is 35.5 Å². The Morgan fingerprint density at radius 2 is 1.75 bits per heavy atom. The number of rotatable bonds is 3. The van der Waals surface area contributed by atoms with Crippen molar-refractivity contribution in [3.63, 3.8) is 0 Å². The van der Waals surface area contributed by atoms with Crippen LogP contribution in [0.4, 0.5) is 14.5 Å². The highest BCUT2D eigenvalue weighted by atomic mass is 19.2. The number of benzene rings is 1. The van der Waals surface area contributed by atoms with Gasteiger partial charge in [-0.2, -0.15) is 0 Å². The van der Waals surface area contributed by atoms with Gasteiger partial charge in [0.25, 0.3) is 0 Å². The Labute approximate surface area is 118 Å². The molecule has 0 aliphatic heterocycles. The highest BCUT2D eigenvalue weighted by molar-refractivity contribution is 5.91. The van der Waals surface area contributed by atoms with E-state index < -0.39 is 11.6 Å². The summed E-state index contributed by atoms with van der Waals surface area (Å²) < 4.78 is 26.9. The third kappa shape index (κ3) is 2.89. The van der Waals surface area contributed by atoms with Gasteiger partial charge in [-0.15, -0.1) is 0 Å². The van der Waals surface area contributed by atoms with Gasteiger partial charge in [0, 0.05) is 34.8 Å². The molecule has 2 nitrogen and oxygen atoms in total. The summed E-state index contributed by atoms with van der Waals surface area (Å²) in [6.07, 6.45) is 0.957. The molecule has 0 bridgehead atoms. The lowest BCUT2D eigenvalue weighted by atomic mass is 9.90. The van der Waals surface area contributed by atoms with Crippen molar-refractivity contribution < 1.29 is 8.78 Å². The number of nitrogens with one attached hydrogen (secondary N) is 1. The van der Waals surface area contributed by atoms with Crippen LogP contribution in [0, 0.1) is 11.6 Å². The number of aromatic nitrogens is 1. The lowest BCUT2D eigenvalue weighted by molar-refractivity contribution is 0.510. The van der Waals surface area contributed by atoms with E-state index in [0.717, 1.165) is 30.4 Å². The minimum Gasteiger partial charge on any atom is -0.384 e. The maximum Gasteiger partial charge on any atom is 0.161 e. The summed E-state index contributed by atoms with van der Waals surface area (Å²) in [7, 11) is 0. The van der Waals surface area contributed by atoms with E-state index in [4.69, 9.17) is 0 Å². The summed E-state index contributed by atoms with van der Waals surface area (Å²) in [6.45, 7) is 8.98. The average Bonchev–Trinajstić information content (AvgIpc) is 2.36. The lowest BCUT2D eigenvalue weighted by Gasteiger charge is -2.20. The monoisotopic (exact) mass is 278 g/mol. The number of anilines is 1. The van der Waals surface area contributed by atoms with E-state index in [2.05, 4.69) is 17.2 Å². The molecule has 0 saturated heterocycles. The van der Waals surface area contributed by atoms with Gasteiger partial charge in [0.1, 0.15) is 0 Å². The Morgan fingerprint density at radius 1 is 1.10 bits per heavy atom. The molecule has 0 aliphatic carbocycles. The summed E-state index contributed by atoms with van der Waals surface area (Å²) in [5.41, 5.74) is 1.99. The van der Waals surface area contributed by atoms with Crippen LogP contribution >= 0.6 is 0 Å². The van der Waals surface area contributed by atoms with Crippen molar-refractivity contribution in [2.45, 2.75) is 39.5 Å². The fourth-order valence-electron chi connectivity index (χ4n) is 2.01. The van der Waals surface area contributed by atoms with E-state index in [9.17, 15) is 8.78 Å². The first-order valence-corrected chi connectivity index (χ1v) is 6.87. The fourth-order valence-corrected chi connectivity index (χ4v) is 2.01. The van der Waals surface area contributed by atoms with Crippen molar-refractivity contribution in [2.24, 2.45) is 0 Å².